The van der Waals surface area contributed by atoms with Gasteiger partial charge in [-0.3, -0.25) is 0 Å². The minimum atomic E-state index is -4.52. The first-order valence-corrected chi connectivity index (χ1v) is 10.8. The second kappa shape index (κ2) is 13.6. The van der Waals surface area contributed by atoms with Crippen molar-refractivity contribution in [1.82, 2.24) is 0 Å². The first kappa shape index (κ1) is 24.5. The Morgan fingerprint density at radius 3 is 1.71 bits per heavy atom. The molecule has 2 nitrogen and oxygen atoms in total. The van der Waals surface area contributed by atoms with E-state index in [-0.39, 0.29) is 11.1 Å². The molecule has 0 amide bonds. The Morgan fingerprint density at radius 2 is 1.29 bits per heavy atom. The number of hydrogen-bond donors (Lipinski definition) is 1. The van der Waals surface area contributed by atoms with Gasteiger partial charge in [-0.25, -0.2) is 4.79 Å². The number of carboxylic acids is 1. The summed E-state index contributed by atoms with van der Waals surface area (Å²) >= 11 is 0. The third-order valence-corrected chi connectivity index (χ3v) is 5.21. The number of unbranched alkanes of at least 4 members (excludes halogenated alkanes) is 12. The van der Waals surface area contributed by atoms with Gasteiger partial charge in [-0.15, -0.1) is 0 Å². The van der Waals surface area contributed by atoms with E-state index < -0.39 is 17.7 Å². The van der Waals surface area contributed by atoms with E-state index in [1.807, 2.05) is 0 Å². The number of carboxylic acid groups (broad SMARTS) is 1. The van der Waals surface area contributed by atoms with Gasteiger partial charge in [0.05, 0.1) is 11.1 Å². The molecule has 0 aromatic heterocycles. The Kier molecular flexibility index (Phi) is 11.9. The van der Waals surface area contributed by atoms with Crippen LogP contribution in [0.1, 0.15) is 112 Å². The first-order chi connectivity index (χ1) is 13.4. The number of hydrogen-bond acceptors (Lipinski definition) is 1. The van der Waals surface area contributed by atoms with E-state index in [2.05, 4.69) is 6.92 Å². The van der Waals surface area contributed by atoms with Gasteiger partial charge in [-0.05, 0) is 30.5 Å². The number of rotatable bonds is 15. The minimum Gasteiger partial charge on any atom is -0.478 e. The smallest absolute Gasteiger partial charge is 0.416 e. The average Bonchev–Trinajstić information content (AvgIpc) is 2.64. The quantitative estimate of drug-likeness (QED) is 0.302. The van der Waals surface area contributed by atoms with Crippen LogP contribution in [0.4, 0.5) is 13.2 Å². The number of benzene rings is 1. The summed E-state index contributed by atoms with van der Waals surface area (Å²) in [6, 6.07) is 3.32. The molecule has 0 saturated carbocycles. The highest BCUT2D eigenvalue weighted by molar-refractivity contribution is 5.88. The fourth-order valence-corrected chi connectivity index (χ4v) is 3.52. The molecular formula is C23H35F3O2. The SMILES string of the molecule is CCCCCCCCCCCCCCCc1ccc(C(=O)O)cc1C(F)(F)F. The summed E-state index contributed by atoms with van der Waals surface area (Å²) in [5.41, 5.74) is -0.937. The molecule has 28 heavy (non-hydrogen) atoms. The van der Waals surface area contributed by atoms with E-state index in [4.69, 9.17) is 5.11 Å². The normalized spacial score (nSPS) is 11.7. The summed E-state index contributed by atoms with van der Waals surface area (Å²) in [5, 5.41) is 8.90. The molecule has 0 bridgehead atoms. The van der Waals surface area contributed by atoms with Crippen LogP contribution in [0.2, 0.25) is 0 Å². The van der Waals surface area contributed by atoms with Gasteiger partial charge in [-0.1, -0.05) is 90.0 Å². The second-order valence-electron chi connectivity index (χ2n) is 7.67. The van der Waals surface area contributed by atoms with Crippen molar-refractivity contribution < 1.29 is 23.1 Å². The van der Waals surface area contributed by atoms with Crippen LogP contribution in [0, 0.1) is 0 Å². The number of aromatic carboxylic acids is 1. The molecule has 0 unspecified atom stereocenters. The van der Waals surface area contributed by atoms with Crippen LogP contribution in [0.15, 0.2) is 18.2 Å². The van der Waals surface area contributed by atoms with Gasteiger partial charge in [0, 0.05) is 0 Å². The molecule has 0 radical (unpaired) electrons. The third kappa shape index (κ3) is 10.1. The summed E-state index contributed by atoms with van der Waals surface area (Å²) in [6.07, 6.45) is 11.3. The summed E-state index contributed by atoms with van der Waals surface area (Å²) in [4.78, 5) is 10.9. The first-order valence-electron chi connectivity index (χ1n) is 10.8. The molecule has 0 heterocycles. The van der Waals surface area contributed by atoms with Crippen LogP contribution < -0.4 is 0 Å². The topological polar surface area (TPSA) is 37.3 Å². The zero-order valence-electron chi connectivity index (χ0n) is 17.1. The Bertz CT molecular complexity index is 567. The maximum Gasteiger partial charge on any atom is 0.416 e. The lowest BCUT2D eigenvalue weighted by molar-refractivity contribution is -0.138. The van der Waals surface area contributed by atoms with Crippen molar-refractivity contribution >= 4 is 5.97 Å². The van der Waals surface area contributed by atoms with Crippen molar-refractivity contribution in [1.29, 1.82) is 0 Å². The van der Waals surface area contributed by atoms with Crippen LogP contribution in [-0.4, -0.2) is 11.1 Å². The molecule has 0 spiro atoms. The predicted molar refractivity (Wildman–Crippen MR) is 108 cm³/mol. The Labute approximate surface area is 167 Å². The highest BCUT2D eigenvalue weighted by Crippen LogP contribution is 2.33. The van der Waals surface area contributed by atoms with E-state index in [0.717, 1.165) is 25.3 Å². The number of aryl methyl sites for hydroxylation is 1. The van der Waals surface area contributed by atoms with E-state index in [1.54, 1.807) is 0 Å². The van der Waals surface area contributed by atoms with Crippen molar-refractivity contribution in [2.45, 2.75) is 103 Å². The molecule has 0 fully saturated rings. The lowest BCUT2D eigenvalue weighted by Crippen LogP contribution is -2.11. The molecule has 0 atom stereocenters. The molecular weight excluding hydrogens is 365 g/mol. The Balaban J connectivity index is 2.19. The lowest BCUT2D eigenvalue weighted by Gasteiger charge is -2.13. The number of alkyl halides is 3. The molecule has 1 aromatic carbocycles. The van der Waals surface area contributed by atoms with Crippen molar-refractivity contribution in [3.05, 3.63) is 34.9 Å². The van der Waals surface area contributed by atoms with Crippen molar-refractivity contribution in [3.8, 4) is 0 Å². The van der Waals surface area contributed by atoms with Crippen molar-refractivity contribution in [2.75, 3.05) is 0 Å². The molecule has 0 aliphatic heterocycles. The lowest BCUT2D eigenvalue weighted by atomic mass is 9.97. The standard InChI is InChI=1S/C23H35F3O2/c1-2-3-4-5-6-7-8-9-10-11-12-13-14-15-19-16-17-20(22(27)28)18-21(19)23(24,25)26/h16-18H,2-15H2,1H3,(H,27,28). The van der Waals surface area contributed by atoms with E-state index in [1.165, 1.54) is 69.9 Å². The van der Waals surface area contributed by atoms with Crippen LogP contribution >= 0.6 is 0 Å². The van der Waals surface area contributed by atoms with E-state index >= 15 is 0 Å². The van der Waals surface area contributed by atoms with E-state index in [9.17, 15) is 18.0 Å². The summed E-state index contributed by atoms with van der Waals surface area (Å²) in [6.45, 7) is 2.23. The van der Waals surface area contributed by atoms with Crippen LogP contribution in [-0.2, 0) is 12.6 Å². The number of halogens is 3. The maximum atomic E-state index is 13.2. The minimum absolute atomic E-state index is 0.195. The summed E-state index contributed by atoms with van der Waals surface area (Å²) < 4.78 is 39.5. The molecule has 0 saturated heterocycles. The van der Waals surface area contributed by atoms with Gasteiger partial charge in [0.25, 0.3) is 0 Å². The van der Waals surface area contributed by atoms with Crippen LogP contribution in [0.3, 0.4) is 0 Å². The van der Waals surface area contributed by atoms with Gasteiger partial charge in [0.2, 0.25) is 0 Å². The zero-order chi connectivity index (χ0) is 20.8. The third-order valence-electron chi connectivity index (χ3n) is 5.21. The van der Waals surface area contributed by atoms with Crippen molar-refractivity contribution in [2.24, 2.45) is 0 Å². The molecule has 1 aromatic rings. The van der Waals surface area contributed by atoms with E-state index in [0.29, 0.717) is 12.8 Å². The highest BCUT2D eigenvalue weighted by Gasteiger charge is 2.33. The van der Waals surface area contributed by atoms with Crippen molar-refractivity contribution in [3.63, 3.8) is 0 Å². The maximum absolute atomic E-state index is 13.2. The Morgan fingerprint density at radius 1 is 0.821 bits per heavy atom. The molecule has 5 heteroatoms. The molecule has 160 valence electrons. The van der Waals surface area contributed by atoms with Crippen LogP contribution in [0.25, 0.3) is 0 Å². The highest BCUT2D eigenvalue weighted by atomic mass is 19.4. The second-order valence-corrected chi connectivity index (χ2v) is 7.67. The van der Waals surface area contributed by atoms with Gasteiger partial charge in [0.15, 0.2) is 0 Å². The fourth-order valence-electron chi connectivity index (χ4n) is 3.52. The molecule has 1 N–H and O–H groups in total. The van der Waals surface area contributed by atoms with Gasteiger partial charge >= 0.3 is 12.1 Å². The average molecular weight is 401 g/mol. The van der Waals surface area contributed by atoms with Crippen LogP contribution in [0.5, 0.6) is 0 Å². The van der Waals surface area contributed by atoms with Gasteiger partial charge < -0.3 is 5.11 Å². The number of carbonyl (C=O) groups is 1. The summed E-state index contributed by atoms with van der Waals surface area (Å²) in [5.74, 6) is -1.34. The van der Waals surface area contributed by atoms with Gasteiger partial charge in [0.1, 0.15) is 0 Å². The Hall–Kier alpha value is -1.52. The predicted octanol–water partition coefficient (Wildman–Crippen LogP) is 8.04. The molecule has 1 rings (SSSR count). The zero-order valence-corrected chi connectivity index (χ0v) is 17.1. The van der Waals surface area contributed by atoms with Gasteiger partial charge in [-0.2, -0.15) is 13.2 Å². The monoisotopic (exact) mass is 400 g/mol. The summed E-state index contributed by atoms with van der Waals surface area (Å²) in [7, 11) is 0. The molecule has 0 aliphatic rings. The fraction of sp³-hybridized carbons (Fsp3) is 0.696. The molecule has 0 aliphatic carbocycles. The largest absolute Gasteiger partial charge is 0.478 e.